The van der Waals surface area contributed by atoms with Gasteiger partial charge in [0.1, 0.15) is 0 Å². The van der Waals surface area contributed by atoms with E-state index in [1.54, 1.807) is 12.4 Å². The number of nitrogens with one attached hydrogen (secondary N) is 1. The highest BCUT2D eigenvalue weighted by Gasteiger charge is 2.02. The molecule has 0 bridgehead atoms. The molecule has 16 heavy (non-hydrogen) atoms. The predicted molar refractivity (Wildman–Crippen MR) is 66.2 cm³/mol. The molecule has 0 fully saturated rings. The molecule has 0 atom stereocenters. The van der Waals surface area contributed by atoms with Crippen LogP contribution in [0.15, 0.2) is 30.6 Å². The highest BCUT2D eigenvalue weighted by Crippen LogP contribution is 2.14. The Morgan fingerprint density at radius 2 is 1.94 bits per heavy atom. The van der Waals surface area contributed by atoms with Crippen molar-refractivity contribution in [1.29, 1.82) is 0 Å². The maximum atomic E-state index is 6.03. The number of pyridine rings is 1. The lowest BCUT2D eigenvalue weighted by Gasteiger charge is -2.13. The number of nitrogens with zero attached hydrogens (tertiary/aromatic N) is 2. The van der Waals surface area contributed by atoms with Crippen LogP contribution in [0.25, 0.3) is 0 Å². The van der Waals surface area contributed by atoms with Crippen molar-refractivity contribution < 1.29 is 0 Å². The van der Waals surface area contributed by atoms with Crippen molar-refractivity contribution in [2.24, 2.45) is 0 Å². The highest BCUT2D eigenvalue weighted by molar-refractivity contribution is 6.31. The first kappa shape index (κ1) is 11.0. The summed E-state index contributed by atoms with van der Waals surface area (Å²) >= 11 is 6.03. The minimum absolute atomic E-state index is 0.692. The molecule has 0 aromatic carbocycles. The Bertz CT molecular complexity index is 471. The van der Waals surface area contributed by atoms with Crippen molar-refractivity contribution in [1.82, 2.24) is 9.66 Å². The number of hydrogen-bond acceptors (Lipinski definition) is 2. The monoisotopic (exact) mass is 235 g/mol. The summed E-state index contributed by atoms with van der Waals surface area (Å²) < 4.78 is 2.05. The van der Waals surface area contributed by atoms with E-state index in [2.05, 4.69) is 41.1 Å². The van der Waals surface area contributed by atoms with Crippen LogP contribution in [0.3, 0.4) is 0 Å². The first-order valence-electron chi connectivity index (χ1n) is 5.15. The Morgan fingerprint density at radius 3 is 2.56 bits per heavy atom. The van der Waals surface area contributed by atoms with Crippen LogP contribution in [0.5, 0.6) is 0 Å². The normalized spacial score (nSPS) is 10.4. The largest absolute Gasteiger partial charge is 0.321 e. The molecule has 0 amide bonds. The molecule has 1 N–H and O–H groups in total. The quantitative estimate of drug-likeness (QED) is 0.887. The molecule has 0 spiro atoms. The van der Waals surface area contributed by atoms with Crippen LogP contribution in [0.2, 0.25) is 5.02 Å². The van der Waals surface area contributed by atoms with Crippen LogP contribution < -0.4 is 5.43 Å². The van der Waals surface area contributed by atoms with E-state index in [0.29, 0.717) is 11.6 Å². The molecule has 2 aromatic rings. The first-order valence-corrected chi connectivity index (χ1v) is 5.53. The summed E-state index contributed by atoms with van der Waals surface area (Å²) in [6, 6.07) is 6.08. The predicted octanol–water partition coefficient (Wildman–Crippen LogP) is 2.90. The fraction of sp³-hybridized carbons (Fsp3) is 0.250. The molecule has 0 aliphatic rings. The van der Waals surface area contributed by atoms with Gasteiger partial charge in [-0.05, 0) is 37.6 Å². The second-order valence-corrected chi connectivity index (χ2v) is 4.16. The van der Waals surface area contributed by atoms with E-state index in [4.69, 9.17) is 11.6 Å². The molecule has 3 nitrogen and oxygen atoms in total. The number of halogens is 1. The van der Waals surface area contributed by atoms with Crippen molar-refractivity contribution in [2.45, 2.75) is 20.4 Å². The van der Waals surface area contributed by atoms with E-state index in [-0.39, 0.29) is 0 Å². The van der Waals surface area contributed by atoms with Crippen LogP contribution in [0, 0.1) is 13.8 Å². The van der Waals surface area contributed by atoms with Crippen LogP contribution >= 0.6 is 11.6 Å². The molecular formula is C12H14ClN3. The lowest BCUT2D eigenvalue weighted by molar-refractivity contribution is 0.791. The maximum absolute atomic E-state index is 6.03. The second kappa shape index (κ2) is 4.58. The first-order chi connectivity index (χ1) is 7.68. The molecule has 0 saturated heterocycles. The van der Waals surface area contributed by atoms with Gasteiger partial charge in [0.2, 0.25) is 0 Å². The third-order valence-corrected chi connectivity index (χ3v) is 2.90. The van der Waals surface area contributed by atoms with Gasteiger partial charge in [0.25, 0.3) is 0 Å². The number of rotatable bonds is 3. The van der Waals surface area contributed by atoms with Gasteiger partial charge in [0.05, 0.1) is 11.6 Å². The fourth-order valence-electron chi connectivity index (χ4n) is 1.63. The van der Waals surface area contributed by atoms with Crippen molar-refractivity contribution >= 4 is 11.6 Å². The standard InChI is InChI=1S/C12H14ClN3/c1-9-3-4-10(2)16(9)15-7-11-5-6-14-8-12(11)13/h3-6,8,15H,7H2,1-2H3. The summed E-state index contributed by atoms with van der Waals surface area (Å²) in [5, 5.41) is 0.692. The maximum Gasteiger partial charge on any atom is 0.0639 e. The number of aryl methyl sites for hydroxylation is 2. The summed E-state index contributed by atoms with van der Waals surface area (Å²) in [5.74, 6) is 0. The fourth-order valence-corrected chi connectivity index (χ4v) is 1.82. The SMILES string of the molecule is Cc1ccc(C)n1NCc1ccncc1Cl. The molecular weight excluding hydrogens is 222 g/mol. The van der Waals surface area contributed by atoms with Gasteiger partial charge in [-0.2, -0.15) is 0 Å². The minimum atomic E-state index is 0.692. The van der Waals surface area contributed by atoms with Gasteiger partial charge in [-0.3, -0.25) is 9.66 Å². The molecule has 0 aliphatic carbocycles. The van der Waals surface area contributed by atoms with E-state index in [1.165, 1.54) is 11.4 Å². The van der Waals surface area contributed by atoms with Crippen LogP contribution in [-0.4, -0.2) is 9.66 Å². The topological polar surface area (TPSA) is 29.9 Å². The van der Waals surface area contributed by atoms with Crippen molar-refractivity contribution in [3.05, 3.63) is 52.6 Å². The highest BCUT2D eigenvalue weighted by atomic mass is 35.5. The summed E-state index contributed by atoms with van der Waals surface area (Å²) in [5.41, 5.74) is 6.73. The molecule has 0 saturated carbocycles. The average molecular weight is 236 g/mol. The third-order valence-electron chi connectivity index (χ3n) is 2.56. The molecule has 2 aromatic heterocycles. The van der Waals surface area contributed by atoms with Crippen LogP contribution in [0.4, 0.5) is 0 Å². The zero-order valence-electron chi connectivity index (χ0n) is 9.37. The minimum Gasteiger partial charge on any atom is -0.321 e. The molecule has 0 unspecified atom stereocenters. The number of hydrogen-bond donors (Lipinski definition) is 1. The van der Waals surface area contributed by atoms with Gasteiger partial charge >= 0.3 is 0 Å². The Kier molecular flexibility index (Phi) is 3.15. The third kappa shape index (κ3) is 2.19. The van der Waals surface area contributed by atoms with E-state index < -0.39 is 0 Å². The summed E-state index contributed by atoms with van der Waals surface area (Å²) in [4.78, 5) is 3.96. The van der Waals surface area contributed by atoms with Crippen molar-refractivity contribution in [3.63, 3.8) is 0 Å². The summed E-state index contributed by atoms with van der Waals surface area (Å²) in [6.45, 7) is 4.82. The summed E-state index contributed by atoms with van der Waals surface area (Å²) in [6.07, 6.45) is 3.41. The van der Waals surface area contributed by atoms with E-state index >= 15 is 0 Å². The van der Waals surface area contributed by atoms with Crippen molar-refractivity contribution in [3.8, 4) is 0 Å². The Labute approximate surface area is 100 Å². The molecule has 4 heteroatoms. The van der Waals surface area contributed by atoms with Crippen LogP contribution in [-0.2, 0) is 6.54 Å². The van der Waals surface area contributed by atoms with E-state index in [9.17, 15) is 0 Å². The van der Waals surface area contributed by atoms with Crippen LogP contribution in [0.1, 0.15) is 17.0 Å². The molecule has 0 aliphatic heterocycles. The van der Waals surface area contributed by atoms with Gasteiger partial charge in [-0.25, -0.2) is 0 Å². The molecule has 84 valence electrons. The van der Waals surface area contributed by atoms with Gasteiger partial charge in [-0.1, -0.05) is 11.6 Å². The average Bonchev–Trinajstić information content (AvgIpc) is 2.58. The second-order valence-electron chi connectivity index (χ2n) is 3.75. The van der Waals surface area contributed by atoms with Gasteiger partial charge in [0, 0.05) is 23.8 Å². The molecule has 0 radical (unpaired) electrons. The number of aromatic nitrogens is 2. The van der Waals surface area contributed by atoms with Crippen molar-refractivity contribution in [2.75, 3.05) is 5.43 Å². The van der Waals surface area contributed by atoms with Gasteiger partial charge in [-0.15, -0.1) is 0 Å². The smallest absolute Gasteiger partial charge is 0.0639 e. The van der Waals surface area contributed by atoms with Gasteiger partial charge < -0.3 is 5.43 Å². The van der Waals surface area contributed by atoms with E-state index in [0.717, 1.165) is 5.56 Å². The summed E-state index contributed by atoms with van der Waals surface area (Å²) in [7, 11) is 0. The Morgan fingerprint density at radius 1 is 1.25 bits per heavy atom. The lowest BCUT2D eigenvalue weighted by atomic mass is 10.3. The molecule has 2 rings (SSSR count). The van der Waals surface area contributed by atoms with E-state index in [1.807, 2.05) is 6.07 Å². The zero-order valence-corrected chi connectivity index (χ0v) is 10.1. The molecule has 2 heterocycles. The lowest BCUT2D eigenvalue weighted by Crippen LogP contribution is -2.17. The van der Waals surface area contributed by atoms with Gasteiger partial charge in [0.15, 0.2) is 0 Å². The zero-order chi connectivity index (χ0) is 11.5. The Hall–Kier alpha value is -1.48. The Balaban J connectivity index is 2.11.